The Morgan fingerprint density at radius 3 is 2.61 bits per heavy atom. The average Bonchev–Trinajstić information content (AvgIpc) is 3.15. The van der Waals surface area contributed by atoms with Crippen LogP contribution in [0.1, 0.15) is 29.2 Å². The molecule has 0 fully saturated rings. The number of sulfonamides is 1. The van der Waals surface area contributed by atoms with Crippen LogP contribution in [0.5, 0.6) is 0 Å². The van der Waals surface area contributed by atoms with Crippen molar-refractivity contribution in [3.8, 4) is 0 Å². The molecule has 1 unspecified atom stereocenters. The summed E-state index contributed by atoms with van der Waals surface area (Å²) in [5.41, 5.74) is 2.53. The van der Waals surface area contributed by atoms with E-state index in [1.54, 1.807) is 24.4 Å². The maximum absolute atomic E-state index is 12.5. The molecular formula is C16H17N3O2S2. The first kappa shape index (κ1) is 15.9. The third-order valence-electron chi connectivity index (χ3n) is 3.55. The molecule has 3 rings (SSSR count). The van der Waals surface area contributed by atoms with Gasteiger partial charge in [0.25, 0.3) is 10.0 Å². The number of allylic oxidation sites excluding steroid dienone is 1. The van der Waals surface area contributed by atoms with Crippen molar-refractivity contribution in [3.05, 3.63) is 57.7 Å². The van der Waals surface area contributed by atoms with Gasteiger partial charge in [0.05, 0.1) is 10.6 Å². The summed E-state index contributed by atoms with van der Waals surface area (Å²) in [6, 6.07) is 6.53. The second-order valence-corrected chi connectivity index (χ2v) is 7.82. The molecule has 0 amide bonds. The number of aryl methyl sites for hydroxylation is 2. The van der Waals surface area contributed by atoms with Gasteiger partial charge in [0.2, 0.25) is 0 Å². The summed E-state index contributed by atoms with van der Waals surface area (Å²) in [4.78, 5) is 8.95. The first-order valence-corrected chi connectivity index (χ1v) is 9.63. The summed E-state index contributed by atoms with van der Waals surface area (Å²) in [5, 5.41) is 2.71. The van der Waals surface area contributed by atoms with Crippen LogP contribution in [-0.4, -0.2) is 19.6 Å². The van der Waals surface area contributed by atoms with Gasteiger partial charge in [0.15, 0.2) is 0 Å². The zero-order valence-electron chi connectivity index (χ0n) is 12.9. The van der Waals surface area contributed by atoms with Crippen molar-refractivity contribution in [2.24, 2.45) is 4.99 Å². The molecule has 120 valence electrons. The quantitative estimate of drug-likeness (QED) is 0.904. The lowest BCUT2D eigenvalue weighted by Crippen LogP contribution is -2.25. The zero-order valence-corrected chi connectivity index (χ0v) is 14.5. The molecular weight excluding hydrogens is 330 g/mol. The second kappa shape index (κ2) is 6.25. The first-order chi connectivity index (χ1) is 11.0. The predicted octanol–water partition coefficient (Wildman–Crippen LogP) is 3.00. The van der Waals surface area contributed by atoms with Crippen molar-refractivity contribution >= 4 is 27.6 Å². The third-order valence-corrected chi connectivity index (χ3v) is 5.96. The molecule has 1 N–H and O–H groups in total. The Morgan fingerprint density at radius 1 is 1.26 bits per heavy atom. The molecule has 0 bridgehead atoms. The smallest absolute Gasteiger partial charge is 0.261 e. The molecule has 0 saturated carbocycles. The van der Waals surface area contributed by atoms with Gasteiger partial charge in [-0.25, -0.2) is 13.4 Å². The molecule has 2 aromatic rings. The average molecular weight is 347 g/mol. The predicted molar refractivity (Wildman–Crippen MR) is 92.3 cm³/mol. The molecule has 7 heteroatoms. The highest BCUT2D eigenvalue weighted by Crippen LogP contribution is 2.30. The van der Waals surface area contributed by atoms with Crippen LogP contribution in [0.4, 0.5) is 0 Å². The summed E-state index contributed by atoms with van der Waals surface area (Å²) in [6.07, 6.45) is 4.16. The minimum absolute atomic E-state index is 0.247. The van der Waals surface area contributed by atoms with E-state index < -0.39 is 10.0 Å². The maximum atomic E-state index is 12.5. The van der Waals surface area contributed by atoms with Gasteiger partial charge in [0, 0.05) is 17.3 Å². The molecule has 0 radical (unpaired) electrons. The van der Waals surface area contributed by atoms with E-state index in [1.165, 1.54) is 11.3 Å². The summed E-state index contributed by atoms with van der Waals surface area (Å²) in [6.45, 7) is 3.94. The van der Waals surface area contributed by atoms with E-state index in [0.29, 0.717) is 5.70 Å². The fraction of sp³-hybridized carbons (Fsp3) is 0.250. The molecule has 0 spiro atoms. The van der Waals surface area contributed by atoms with Crippen molar-refractivity contribution in [1.29, 1.82) is 0 Å². The van der Waals surface area contributed by atoms with Crippen molar-refractivity contribution in [2.75, 3.05) is 0 Å². The van der Waals surface area contributed by atoms with Gasteiger partial charge < -0.3 is 0 Å². The molecule has 1 aliphatic rings. The lowest BCUT2D eigenvalue weighted by Gasteiger charge is -2.14. The summed E-state index contributed by atoms with van der Waals surface area (Å²) in [7, 11) is -3.62. The molecule has 1 aliphatic heterocycles. The molecule has 0 aliphatic carbocycles. The fourth-order valence-electron chi connectivity index (χ4n) is 2.28. The van der Waals surface area contributed by atoms with Crippen molar-refractivity contribution < 1.29 is 8.42 Å². The Bertz CT molecular complexity index is 865. The molecule has 1 atom stereocenters. The number of aliphatic imine (C=N–C) groups is 1. The molecule has 5 nitrogen and oxygen atoms in total. The number of hydrogen-bond acceptors (Lipinski definition) is 5. The van der Waals surface area contributed by atoms with E-state index in [4.69, 9.17) is 0 Å². The standard InChI is InChI=1S/C16H17N3O2S2/c1-3-12-4-6-13(7-5-12)23(20,21)19-14-8-9-17-15(14)16-18-11(2)10-22-16/h4-10,15,19H,3H2,1-2H3. The fourth-order valence-corrected chi connectivity index (χ4v) is 4.24. The molecule has 1 aromatic heterocycles. The SMILES string of the molecule is CCc1ccc(S(=O)(=O)NC2=CC=NC2c2nc(C)cs2)cc1. The minimum atomic E-state index is -3.62. The number of benzene rings is 1. The molecule has 0 saturated heterocycles. The first-order valence-electron chi connectivity index (χ1n) is 7.27. The van der Waals surface area contributed by atoms with E-state index in [-0.39, 0.29) is 10.9 Å². The molecule has 23 heavy (non-hydrogen) atoms. The lowest BCUT2D eigenvalue weighted by molar-refractivity contribution is 0.585. The number of rotatable bonds is 5. The van der Waals surface area contributed by atoms with Gasteiger partial charge in [0.1, 0.15) is 11.0 Å². The number of aromatic nitrogens is 1. The second-order valence-electron chi connectivity index (χ2n) is 5.25. The van der Waals surface area contributed by atoms with Gasteiger partial charge >= 0.3 is 0 Å². The highest BCUT2D eigenvalue weighted by molar-refractivity contribution is 7.89. The Hall–Kier alpha value is -1.99. The van der Waals surface area contributed by atoms with Crippen LogP contribution in [-0.2, 0) is 16.4 Å². The normalized spacial score (nSPS) is 17.3. The van der Waals surface area contributed by atoms with E-state index in [9.17, 15) is 8.42 Å². The molecule has 2 heterocycles. The Balaban J connectivity index is 1.82. The van der Waals surface area contributed by atoms with E-state index in [2.05, 4.69) is 14.7 Å². The lowest BCUT2D eigenvalue weighted by atomic mass is 10.2. The van der Waals surface area contributed by atoms with E-state index in [0.717, 1.165) is 22.7 Å². The van der Waals surface area contributed by atoms with Crippen LogP contribution in [0.15, 0.2) is 51.3 Å². The summed E-state index contributed by atoms with van der Waals surface area (Å²) < 4.78 is 27.7. The summed E-state index contributed by atoms with van der Waals surface area (Å²) in [5.74, 6) is 0. The number of nitrogens with zero attached hydrogens (tertiary/aromatic N) is 2. The van der Waals surface area contributed by atoms with Crippen LogP contribution in [0.2, 0.25) is 0 Å². The monoisotopic (exact) mass is 347 g/mol. The van der Waals surface area contributed by atoms with Crippen molar-refractivity contribution in [2.45, 2.75) is 31.2 Å². The maximum Gasteiger partial charge on any atom is 0.261 e. The van der Waals surface area contributed by atoms with Crippen LogP contribution >= 0.6 is 11.3 Å². The van der Waals surface area contributed by atoms with Crippen LogP contribution in [0.25, 0.3) is 0 Å². The number of hydrogen-bond donors (Lipinski definition) is 1. The van der Waals surface area contributed by atoms with Gasteiger partial charge in [-0.15, -0.1) is 11.3 Å². The largest absolute Gasteiger partial charge is 0.281 e. The topological polar surface area (TPSA) is 71.4 Å². The van der Waals surface area contributed by atoms with E-state index in [1.807, 2.05) is 31.4 Å². The van der Waals surface area contributed by atoms with Gasteiger partial charge in [-0.2, -0.15) is 0 Å². The molecule has 1 aromatic carbocycles. The third kappa shape index (κ3) is 3.35. The van der Waals surface area contributed by atoms with Gasteiger partial charge in [-0.1, -0.05) is 19.1 Å². The Kier molecular flexibility index (Phi) is 4.32. The Morgan fingerprint density at radius 2 is 2.00 bits per heavy atom. The number of thiazole rings is 1. The van der Waals surface area contributed by atoms with Gasteiger partial charge in [-0.3, -0.25) is 9.71 Å². The minimum Gasteiger partial charge on any atom is -0.281 e. The van der Waals surface area contributed by atoms with Crippen LogP contribution < -0.4 is 4.72 Å². The van der Waals surface area contributed by atoms with Crippen molar-refractivity contribution in [1.82, 2.24) is 9.71 Å². The Labute approximate surface area is 139 Å². The highest BCUT2D eigenvalue weighted by Gasteiger charge is 2.26. The number of nitrogens with one attached hydrogen (secondary N) is 1. The zero-order chi connectivity index (χ0) is 16.4. The van der Waals surface area contributed by atoms with Gasteiger partial charge in [-0.05, 0) is 37.1 Å². The summed E-state index contributed by atoms with van der Waals surface area (Å²) >= 11 is 1.48. The van der Waals surface area contributed by atoms with Crippen molar-refractivity contribution in [3.63, 3.8) is 0 Å². The van der Waals surface area contributed by atoms with Crippen LogP contribution in [0.3, 0.4) is 0 Å². The van der Waals surface area contributed by atoms with E-state index >= 15 is 0 Å². The highest BCUT2D eigenvalue weighted by atomic mass is 32.2. The van der Waals surface area contributed by atoms with Crippen LogP contribution in [0, 0.1) is 6.92 Å².